The Morgan fingerprint density at radius 3 is 2.61 bits per heavy atom. The van der Waals surface area contributed by atoms with Gasteiger partial charge in [0.05, 0.1) is 6.10 Å². The minimum absolute atomic E-state index is 0.0707. The van der Waals surface area contributed by atoms with Crippen molar-refractivity contribution < 1.29 is 9.90 Å². The fourth-order valence-corrected chi connectivity index (χ4v) is 2.64. The monoisotopic (exact) mass is 265 g/mol. The maximum absolute atomic E-state index is 12.3. The third-order valence-corrected chi connectivity index (χ3v) is 4.23. The quantitative estimate of drug-likeness (QED) is 0.834. The molecule has 1 aliphatic heterocycles. The Morgan fingerprint density at radius 2 is 2.06 bits per heavy atom. The number of rotatable bonds is 2. The van der Waals surface area contributed by atoms with Gasteiger partial charge >= 0.3 is 0 Å². The summed E-state index contributed by atoms with van der Waals surface area (Å²) in [6.07, 6.45) is 2.42. The molecular weight excluding hydrogens is 246 g/mol. The van der Waals surface area contributed by atoms with Gasteiger partial charge in [-0.1, -0.05) is 6.92 Å². The van der Waals surface area contributed by atoms with Crippen molar-refractivity contribution >= 4 is 17.7 Å². The van der Waals surface area contributed by atoms with Crippen molar-refractivity contribution in [3.63, 3.8) is 0 Å². The van der Waals surface area contributed by atoms with Crippen LogP contribution in [0.2, 0.25) is 0 Å². The van der Waals surface area contributed by atoms with Gasteiger partial charge in [0.15, 0.2) is 0 Å². The van der Waals surface area contributed by atoms with Gasteiger partial charge in [-0.05, 0) is 42.9 Å². The Labute approximate surface area is 112 Å². The molecule has 98 valence electrons. The Morgan fingerprint density at radius 1 is 1.39 bits per heavy atom. The molecule has 3 nitrogen and oxygen atoms in total. The highest BCUT2D eigenvalue weighted by Gasteiger charge is 2.27. The Balaban J connectivity index is 2.06. The van der Waals surface area contributed by atoms with Gasteiger partial charge in [0.1, 0.15) is 0 Å². The molecule has 2 unspecified atom stereocenters. The molecule has 1 fully saturated rings. The van der Waals surface area contributed by atoms with Crippen molar-refractivity contribution in [1.82, 2.24) is 4.90 Å². The molecule has 2 atom stereocenters. The number of nitrogens with zero attached hydrogens (tertiary/aromatic N) is 1. The summed E-state index contributed by atoms with van der Waals surface area (Å²) < 4.78 is 0. The minimum atomic E-state index is -0.270. The number of hydrogen-bond donors (Lipinski definition) is 1. The highest BCUT2D eigenvalue weighted by Crippen LogP contribution is 2.20. The molecule has 1 aromatic rings. The molecule has 0 saturated carbocycles. The molecular formula is C14H19NO2S. The van der Waals surface area contributed by atoms with E-state index < -0.39 is 0 Å². The first-order chi connectivity index (χ1) is 8.61. The Bertz CT molecular complexity index is 418. The molecule has 1 N–H and O–H groups in total. The topological polar surface area (TPSA) is 40.5 Å². The van der Waals surface area contributed by atoms with Crippen LogP contribution in [0, 0.1) is 5.92 Å². The zero-order chi connectivity index (χ0) is 13.1. The number of likely N-dealkylation sites (tertiary alicyclic amines) is 1. The van der Waals surface area contributed by atoms with Gasteiger partial charge in [0.25, 0.3) is 5.91 Å². The molecule has 0 radical (unpaired) electrons. The van der Waals surface area contributed by atoms with Gasteiger partial charge in [0, 0.05) is 23.5 Å². The summed E-state index contributed by atoms with van der Waals surface area (Å²) in [5, 5.41) is 9.68. The molecule has 1 amide bonds. The lowest BCUT2D eigenvalue weighted by molar-refractivity contribution is 0.0297. The van der Waals surface area contributed by atoms with Crippen LogP contribution in [0.25, 0.3) is 0 Å². The molecule has 1 aromatic carbocycles. The maximum atomic E-state index is 12.3. The van der Waals surface area contributed by atoms with Crippen LogP contribution in [0.15, 0.2) is 29.2 Å². The fourth-order valence-electron chi connectivity index (χ4n) is 2.23. The van der Waals surface area contributed by atoms with E-state index in [0.29, 0.717) is 19.5 Å². The Hall–Kier alpha value is -1.00. The van der Waals surface area contributed by atoms with Crippen molar-refractivity contribution in [1.29, 1.82) is 0 Å². The number of carbonyl (C=O) groups is 1. The van der Waals surface area contributed by atoms with E-state index in [1.807, 2.05) is 42.3 Å². The van der Waals surface area contributed by atoms with E-state index in [1.165, 1.54) is 0 Å². The second kappa shape index (κ2) is 5.76. The number of hydrogen-bond acceptors (Lipinski definition) is 3. The molecule has 1 saturated heterocycles. The van der Waals surface area contributed by atoms with E-state index in [4.69, 9.17) is 0 Å². The van der Waals surface area contributed by atoms with E-state index in [1.54, 1.807) is 11.8 Å². The number of thioether (sulfide) groups is 1. The first-order valence-electron chi connectivity index (χ1n) is 6.23. The lowest BCUT2D eigenvalue weighted by Crippen LogP contribution is -2.44. The molecule has 4 heteroatoms. The van der Waals surface area contributed by atoms with Crippen molar-refractivity contribution in [3.05, 3.63) is 29.8 Å². The van der Waals surface area contributed by atoms with Crippen molar-refractivity contribution in [2.24, 2.45) is 5.92 Å². The maximum Gasteiger partial charge on any atom is 0.253 e. The average Bonchev–Trinajstić information content (AvgIpc) is 2.41. The molecule has 2 rings (SSSR count). The number of aliphatic hydroxyl groups excluding tert-OH is 1. The van der Waals surface area contributed by atoms with Gasteiger partial charge in [-0.3, -0.25) is 4.79 Å². The van der Waals surface area contributed by atoms with Gasteiger partial charge in [-0.25, -0.2) is 0 Å². The summed E-state index contributed by atoms with van der Waals surface area (Å²) >= 11 is 1.67. The largest absolute Gasteiger partial charge is 0.393 e. The highest BCUT2D eigenvalue weighted by atomic mass is 32.2. The van der Waals surface area contributed by atoms with Crippen molar-refractivity contribution in [3.8, 4) is 0 Å². The van der Waals surface area contributed by atoms with Crippen molar-refractivity contribution in [2.75, 3.05) is 19.3 Å². The van der Waals surface area contributed by atoms with E-state index >= 15 is 0 Å². The lowest BCUT2D eigenvalue weighted by Gasteiger charge is -2.34. The average molecular weight is 265 g/mol. The van der Waals surface area contributed by atoms with Crippen LogP contribution in [0.4, 0.5) is 0 Å². The molecule has 1 heterocycles. The number of carbonyl (C=O) groups excluding carboxylic acids is 1. The number of piperidine rings is 1. The SMILES string of the molecule is CSc1ccc(C(=O)N2CCC(O)C(C)C2)cc1. The van der Waals surface area contributed by atoms with Crippen LogP contribution in [-0.2, 0) is 0 Å². The minimum Gasteiger partial charge on any atom is -0.393 e. The predicted molar refractivity (Wildman–Crippen MR) is 73.9 cm³/mol. The fraction of sp³-hybridized carbons (Fsp3) is 0.500. The van der Waals surface area contributed by atoms with Gasteiger partial charge < -0.3 is 10.0 Å². The third kappa shape index (κ3) is 2.87. The zero-order valence-corrected chi connectivity index (χ0v) is 11.6. The van der Waals surface area contributed by atoms with Crippen LogP contribution in [0.1, 0.15) is 23.7 Å². The molecule has 0 spiro atoms. The lowest BCUT2D eigenvalue weighted by atomic mass is 9.96. The number of aliphatic hydroxyl groups is 1. The van der Waals surface area contributed by atoms with Crippen LogP contribution in [-0.4, -0.2) is 41.4 Å². The summed E-state index contributed by atoms with van der Waals surface area (Å²) in [6.45, 7) is 3.28. The molecule has 0 aliphatic carbocycles. The summed E-state index contributed by atoms with van der Waals surface area (Å²) in [4.78, 5) is 15.3. The van der Waals surface area contributed by atoms with Crippen LogP contribution >= 0.6 is 11.8 Å². The van der Waals surface area contributed by atoms with E-state index in [2.05, 4.69) is 0 Å². The zero-order valence-electron chi connectivity index (χ0n) is 10.8. The summed E-state index contributed by atoms with van der Waals surface area (Å²) in [7, 11) is 0. The normalized spacial score (nSPS) is 24.1. The van der Waals surface area contributed by atoms with Gasteiger partial charge in [-0.15, -0.1) is 11.8 Å². The van der Waals surface area contributed by atoms with Gasteiger partial charge in [-0.2, -0.15) is 0 Å². The first kappa shape index (κ1) is 13.4. The van der Waals surface area contributed by atoms with Crippen LogP contribution in [0.3, 0.4) is 0 Å². The second-order valence-electron chi connectivity index (χ2n) is 4.81. The van der Waals surface area contributed by atoms with Gasteiger partial charge in [0.2, 0.25) is 0 Å². The van der Waals surface area contributed by atoms with E-state index in [9.17, 15) is 9.90 Å². The van der Waals surface area contributed by atoms with Crippen molar-refractivity contribution in [2.45, 2.75) is 24.3 Å². The van der Waals surface area contributed by atoms with E-state index in [-0.39, 0.29) is 17.9 Å². The summed E-state index contributed by atoms with van der Waals surface area (Å²) in [5.41, 5.74) is 0.733. The standard InChI is InChI=1S/C14H19NO2S/c1-10-9-15(8-7-13(10)16)14(17)11-3-5-12(18-2)6-4-11/h3-6,10,13,16H,7-9H2,1-2H3. The molecule has 1 aliphatic rings. The summed E-state index contributed by atoms with van der Waals surface area (Å²) in [5.74, 6) is 0.231. The first-order valence-corrected chi connectivity index (χ1v) is 7.45. The molecule has 0 aromatic heterocycles. The molecule has 18 heavy (non-hydrogen) atoms. The smallest absolute Gasteiger partial charge is 0.253 e. The number of benzene rings is 1. The number of amides is 1. The second-order valence-corrected chi connectivity index (χ2v) is 5.69. The van der Waals surface area contributed by atoms with Crippen LogP contribution in [0.5, 0.6) is 0 Å². The summed E-state index contributed by atoms with van der Waals surface area (Å²) in [6, 6.07) is 7.70. The third-order valence-electron chi connectivity index (χ3n) is 3.48. The predicted octanol–water partition coefficient (Wildman–Crippen LogP) is 2.25. The Kier molecular flexibility index (Phi) is 4.30. The highest BCUT2D eigenvalue weighted by molar-refractivity contribution is 7.98. The molecule has 0 bridgehead atoms. The van der Waals surface area contributed by atoms with E-state index in [0.717, 1.165) is 10.5 Å². The van der Waals surface area contributed by atoms with Crippen LogP contribution < -0.4 is 0 Å².